The van der Waals surface area contributed by atoms with E-state index < -0.39 is 0 Å². The molecule has 1 aliphatic carbocycles. The lowest BCUT2D eigenvalue weighted by molar-refractivity contribution is 0.0933. The number of benzene rings is 2. The van der Waals surface area contributed by atoms with E-state index in [9.17, 15) is 4.79 Å². The number of nitrogens with one attached hydrogen (secondary N) is 1. The highest BCUT2D eigenvalue weighted by atomic mass is 16.1. The number of amides is 1. The highest BCUT2D eigenvalue weighted by Gasteiger charge is 2.34. The molecule has 4 aromatic rings. The molecule has 0 bridgehead atoms. The van der Waals surface area contributed by atoms with Crippen molar-refractivity contribution in [1.82, 2.24) is 19.9 Å². The molecule has 1 fully saturated rings. The molecule has 5 nitrogen and oxygen atoms in total. The second-order valence-corrected chi connectivity index (χ2v) is 7.69. The summed E-state index contributed by atoms with van der Waals surface area (Å²) in [6.07, 6.45) is 5.63. The summed E-state index contributed by atoms with van der Waals surface area (Å²) in [4.78, 5) is 17.6. The third-order valence-electron chi connectivity index (χ3n) is 5.53. The first kappa shape index (κ1) is 17.6. The quantitative estimate of drug-likeness (QED) is 0.549. The van der Waals surface area contributed by atoms with Crippen molar-refractivity contribution in [2.75, 3.05) is 0 Å². The molecule has 144 valence electrons. The van der Waals surface area contributed by atoms with Gasteiger partial charge >= 0.3 is 0 Å². The molecule has 1 saturated carbocycles. The first-order valence-corrected chi connectivity index (χ1v) is 9.96. The summed E-state index contributed by atoms with van der Waals surface area (Å²) in [6.45, 7) is 2.07. The Kier molecular flexibility index (Phi) is 4.35. The third kappa shape index (κ3) is 3.40. The fourth-order valence-corrected chi connectivity index (χ4v) is 3.77. The molecule has 5 rings (SSSR count). The van der Waals surface area contributed by atoms with Crippen molar-refractivity contribution in [3.8, 4) is 11.3 Å². The van der Waals surface area contributed by atoms with Crippen LogP contribution in [0.4, 0.5) is 0 Å². The smallest absolute Gasteiger partial charge is 0.257 e. The van der Waals surface area contributed by atoms with E-state index >= 15 is 0 Å². The summed E-state index contributed by atoms with van der Waals surface area (Å²) in [5.74, 6) is 0.367. The van der Waals surface area contributed by atoms with Crippen molar-refractivity contribution in [3.05, 3.63) is 89.7 Å². The van der Waals surface area contributed by atoms with Crippen LogP contribution in [0, 0.1) is 12.8 Å². The van der Waals surface area contributed by atoms with E-state index in [1.54, 1.807) is 16.9 Å². The molecule has 1 amide bonds. The number of fused-ring (bicyclic) bond motifs is 1. The highest BCUT2D eigenvalue weighted by Crippen LogP contribution is 2.41. The number of nitrogens with zero attached hydrogens (tertiary/aromatic N) is 3. The van der Waals surface area contributed by atoms with Crippen molar-refractivity contribution >= 4 is 11.6 Å². The van der Waals surface area contributed by atoms with Gasteiger partial charge in [0, 0.05) is 11.8 Å². The largest absolute Gasteiger partial charge is 0.345 e. The maximum atomic E-state index is 13.1. The molecule has 2 aromatic heterocycles. The Morgan fingerprint density at radius 3 is 2.55 bits per heavy atom. The second-order valence-electron chi connectivity index (χ2n) is 7.69. The van der Waals surface area contributed by atoms with Crippen molar-refractivity contribution in [2.45, 2.75) is 25.8 Å². The van der Waals surface area contributed by atoms with E-state index in [4.69, 9.17) is 0 Å². The maximum absolute atomic E-state index is 13.1. The van der Waals surface area contributed by atoms with Crippen molar-refractivity contribution < 1.29 is 4.79 Å². The Labute approximate surface area is 169 Å². The summed E-state index contributed by atoms with van der Waals surface area (Å²) in [5, 5.41) is 7.70. The minimum Gasteiger partial charge on any atom is -0.345 e. The molecule has 1 unspecified atom stereocenters. The van der Waals surface area contributed by atoms with Crippen LogP contribution in [-0.2, 0) is 0 Å². The summed E-state index contributed by atoms with van der Waals surface area (Å²) in [7, 11) is 0. The van der Waals surface area contributed by atoms with E-state index in [1.165, 1.54) is 5.56 Å². The first-order chi connectivity index (χ1) is 14.2. The molecule has 5 heteroatoms. The van der Waals surface area contributed by atoms with Crippen LogP contribution in [0.25, 0.3) is 16.9 Å². The van der Waals surface area contributed by atoms with E-state index in [2.05, 4.69) is 46.6 Å². The normalized spacial score (nSPS) is 14.7. The Balaban J connectivity index is 1.47. The average molecular weight is 382 g/mol. The van der Waals surface area contributed by atoms with Gasteiger partial charge in [-0.2, -0.15) is 5.10 Å². The maximum Gasteiger partial charge on any atom is 0.257 e. The lowest BCUT2D eigenvalue weighted by Gasteiger charge is -2.18. The number of aromatic nitrogens is 3. The van der Waals surface area contributed by atoms with E-state index in [0.29, 0.717) is 17.1 Å². The van der Waals surface area contributed by atoms with Crippen molar-refractivity contribution in [3.63, 3.8) is 0 Å². The lowest BCUT2D eigenvalue weighted by atomic mass is 10.0. The predicted molar refractivity (Wildman–Crippen MR) is 113 cm³/mol. The monoisotopic (exact) mass is 382 g/mol. The fraction of sp³-hybridized carbons (Fsp3) is 0.208. The van der Waals surface area contributed by atoms with Crippen LogP contribution in [0.5, 0.6) is 0 Å². The van der Waals surface area contributed by atoms with Crippen LogP contribution in [0.15, 0.2) is 73.1 Å². The van der Waals surface area contributed by atoms with E-state index in [1.807, 2.05) is 36.4 Å². The number of hydrogen-bond donors (Lipinski definition) is 1. The van der Waals surface area contributed by atoms with Crippen LogP contribution in [-0.4, -0.2) is 20.5 Å². The molecule has 2 heterocycles. The molecule has 1 N–H and O–H groups in total. The Morgan fingerprint density at radius 1 is 1.07 bits per heavy atom. The van der Waals surface area contributed by atoms with Gasteiger partial charge in [0.2, 0.25) is 0 Å². The van der Waals surface area contributed by atoms with Gasteiger partial charge in [-0.25, -0.2) is 9.50 Å². The minimum atomic E-state index is -0.129. The SMILES string of the molecule is Cc1ccc(C(NC(=O)c2cnn3c(-c4ccccc4)ccnc23)C2CC2)cc1. The number of rotatable bonds is 5. The van der Waals surface area contributed by atoms with Gasteiger partial charge in [-0.05, 0) is 37.3 Å². The van der Waals surface area contributed by atoms with Gasteiger partial charge in [0.15, 0.2) is 5.65 Å². The lowest BCUT2D eigenvalue weighted by Crippen LogP contribution is -2.30. The van der Waals surface area contributed by atoms with Gasteiger partial charge in [0.25, 0.3) is 5.91 Å². The Morgan fingerprint density at radius 2 is 1.83 bits per heavy atom. The van der Waals surface area contributed by atoms with Gasteiger partial charge < -0.3 is 5.32 Å². The topological polar surface area (TPSA) is 59.3 Å². The standard InChI is InChI=1S/C24H22N4O/c1-16-7-9-18(10-8-16)22(19-11-12-19)27-24(29)20-15-26-28-21(13-14-25-23(20)28)17-5-3-2-4-6-17/h2-10,13-15,19,22H,11-12H2,1H3,(H,27,29). The summed E-state index contributed by atoms with van der Waals surface area (Å²) in [6, 6.07) is 20.4. The molecule has 1 aliphatic rings. The van der Waals surface area contributed by atoms with Gasteiger partial charge in [0.1, 0.15) is 5.56 Å². The Bertz CT molecular complexity index is 1160. The van der Waals surface area contributed by atoms with Crippen molar-refractivity contribution in [2.24, 2.45) is 5.92 Å². The zero-order valence-electron chi connectivity index (χ0n) is 16.2. The number of aryl methyl sites for hydroxylation is 1. The van der Waals surface area contributed by atoms with Crippen LogP contribution < -0.4 is 5.32 Å². The molecular formula is C24H22N4O. The molecule has 2 aromatic carbocycles. The fourth-order valence-electron chi connectivity index (χ4n) is 3.77. The Hall–Kier alpha value is -3.47. The second kappa shape index (κ2) is 7.17. The molecule has 0 aliphatic heterocycles. The molecule has 0 radical (unpaired) electrons. The van der Waals surface area contributed by atoms with Gasteiger partial charge in [-0.1, -0.05) is 60.2 Å². The molecule has 1 atom stereocenters. The first-order valence-electron chi connectivity index (χ1n) is 9.96. The molecule has 0 saturated heterocycles. The molecule has 29 heavy (non-hydrogen) atoms. The molecular weight excluding hydrogens is 360 g/mol. The van der Waals surface area contributed by atoms with E-state index in [-0.39, 0.29) is 11.9 Å². The van der Waals surface area contributed by atoms with Gasteiger partial charge in [-0.3, -0.25) is 4.79 Å². The summed E-state index contributed by atoms with van der Waals surface area (Å²) in [5.41, 5.74) is 5.39. The summed E-state index contributed by atoms with van der Waals surface area (Å²) >= 11 is 0. The number of carbonyl (C=O) groups is 1. The summed E-state index contributed by atoms with van der Waals surface area (Å²) < 4.78 is 1.74. The van der Waals surface area contributed by atoms with Gasteiger partial charge in [0.05, 0.1) is 17.9 Å². The van der Waals surface area contributed by atoms with Crippen LogP contribution >= 0.6 is 0 Å². The van der Waals surface area contributed by atoms with Crippen LogP contribution in [0.2, 0.25) is 0 Å². The predicted octanol–water partition coefficient (Wildman–Crippen LogP) is 4.59. The zero-order chi connectivity index (χ0) is 19.8. The van der Waals surface area contributed by atoms with E-state index in [0.717, 1.165) is 29.7 Å². The third-order valence-corrected chi connectivity index (χ3v) is 5.53. The van der Waals surface area contributed by atoms with Gasteiger partial charge in [-0.15, -0.1) is 0 Å². The molecule has 0 spiro atoms. The number of carbonyl (C=O) groups excluding carboxylic acids is 1. The zero-order valence-corrected chi connectivity index (χ0v) is 16.2. The number of hydrogen-bond acceptors (Lipinski definition) is 3. The highest BCUT2D eigenvalue weighted by molar-refractivity contribution is 6.00. The minimum absolute atomic E-state index is 0.0235. The average Bonchev–Trinajstić information content (AvgIpc) is 3.51. The van der Waals surface area contributed by atoms with Crippen LogP contribution in [0.3, 0.4) is 0 Å². The van der Waals surface area contributed by atoms with Crippen LogP contribution in [0.1, 0.15) is 40.4 Å². The van der Waals surface area contributed by atoms with Crippen molar-refractivity contribution in [1.29, 1.82) is 0 Å².